The van der Waals surface area contributed by atoms with Crippen LogP contribution in [0.15, 0.2) is 57.5 Å². The van der Waals surface area contributed by atoms with E-state index in [1.807, 2.05) is 19.9 Å². The summed E-state index contributed by atoms with van der Waals surface area (Å²) in [5, 5.41) is 48.0. The quantitative estimate of drug-likeness (QED) is 0.113. The van der Waals surface area contributed by atoms with Crippen molar-refractivity contribution in [3.8, 4) is 23.0 Å². The van der Waals surface area contributed by atoms with Crippen molar-refractivity contribution in [2.45, 2.75) is 98.9 Å². The fourth-order valence-corrected chi connectivity index (χ4v) is 7.99. The molecule has 0 saturated heterocycles. The van der Waals surface area contributed by atoms with Gasteiger partial charge in [-0.1, -0.05) is 52.8 Å². The number of aromatic hydroxyl groups is 1. The van der Waals surface area contributed by atoms with Gasteiger partial charge >= 0.3 is 5.79 Å². The third kappa shape index (κ3) is 7.11. The lowest BCUT2D eigenvalue weighted by Crippen LogP contribution is -2.44. The van der Waals surface area contributed by atoms with Crippen molar-refractivity contribution in [1.29, 1.82) is 0 Å². The number of fused-ring (bicyclic) bond motifs is 14. The second-order valence-corrected chi connectivity index (χ2v) is 15.7. The van der Waals surface area contributed by atoms with Gasteiger partial charge in [0.2, 0.25) is 5.43 Å². The molecule has 5 bridgehead atoms. The van der Waals surface area contributed by atoms with E-state index in [9.17, 15) is 34.8 Å². The molecule has 9 atom stereocenters. The Hall–Kier alpha value is -5.08. The van der Waals surface area contributed by atoms with Crippen molar-refractivity contribution >= 4 is 39.2 Å². The zero-order valence-electron chi connectivity index (χ0n) is 34.0. The lowest BCUT2D eigenvalue weighted by atomic mass is 9.78. The van der Waals surface area contributed by atoms with Crippen LogP contribution in [-0.2, 0) is 20.7 Å². The molecule has 0 spiro atoms. The molecule has 4 aliphatic heterocycles. The molecule has 0 radical (unpaired) electrons. The molecule has 1 aliphatic carbocycles. The Morgan fingerprint density at radius 2 is 1.60 bits per heavy atom. The molecule has 13 heteroatoms. The molecule has 57 heavy (non-hydrogen) atoms. The second-order valence-electron chi connectivity index (χ2n) is 15.7. The molecule has 13 nitrogen and oxygen atoms in total. The summed E-state index contributed by atoms with van der Waals surface area (Å²) in [6.07, 6.45) is 4.30. The maximum absolute atomic E-state index is 14.6. The van der Waals surface area contributed by atoms with Gasteiger partial charge in [-0.2, -0.15) is 0 Å². The molecule has 2 aromatic rings. The monoisotopic (exact) mass is 784 g/mol. The maximum Gasteiger partial charge on any atom is 0.312 e. The van der Waals surface area contributed by atoms with E-state index in [1.54, 1.807) is 52.8 Å². The molecule has 5 aliphatic rings. The minimum atomic E-state index is -1.98. The van der Waals surface area contributed by atoms with E-state index in [-0.39, 0.29) is 50.4 Å². The molecule has 7 rings (SSSR count). The van der Waals surface area contributed by atoms with Gasteiger partial charge in [-0.15, -0.1) is 0 Å². The highest BCUT2D eigenvalue weighted by Crippen LogP contribution is 2.50. The number of aliphatic hydroxyl groups is 3. The number of amides is 1. The average molecular weight is 785 g/mol. The zero-order chi connectivity index (χ0) is 41.8. The number of ether oxygens (including phenoxy) is 3. The van der Waals surface area contributed by atoms with Crippen molar-refractivity contribution in [3.63, 3.8) is 0 Å². The number of phenolic OH excluding ortho intramolecular Hbond substituents is 1. The zero-order valence-corrected chi connectivity index (χ0v) is 34.0. The predicted molar refractivity (Wildman–Crippen MR) is 216 cm³/mol. The Bertz CT molecular complexity index is 2380. The Morgan fingerprint density at radius 1 is 0.930 bits per heavy atom. The first kappa shape index (κ1) is 41.6. The highest BCUT2D eigenvalue weighted by molar-refractivity contribution is 6.22. The van der Waals surface area contributed by atoms with Crippen LogP contribution in [0.5, 0.6) is 11.5 Å². The van der Waals surface area contributed by atoms with E-state index in [0.717, 1.165) is 11.1 Å². The van der Waals surface area contributed by atoms with E-state index in [2.05, 4.69) is 5.32 Å². The van der Waals surface area contributed by atoms with E-state index in [4.69, 9.17) is 23.6 Å². The van der Waals surface area contributed by atoms with E-state index >= 15 is 0 Å². The van der Waals surface area contributed by atoms with Crippen molar-refractivity contribution in [1.82, 2.24) is 4.98 Å². The minimum Gasteiger partial charge on any atom is -0.507 e. The van der Waals surface area contributed by atoms with Crippen LogP contribution in [0.25, 0.3) is 33.3 Å². The first-order chi connectivity index (χ1) is 26.9. The van der Waals surface area contributed by atoms with Crippen LogP contribution in [0.1, 0.15) is 75.5 Å². The Balaban J connectivity index is 1.61. The lowest BCUT2D eigenvalue weighted by molar-refractivity contribution is -0.112. The third-order valence-corrected chi connectivity index (χ3v) is 11.9. The van der Waals surface area contributed by atoms with Crippen molar-refractivity contribution in [3.05, 3.63) is 80.7 Å². The third-order valence-electron chi connectivity index (χ3n) is 11.9. The van der Waals surface area contributed by atoms with Gasteiger partial charge < -0.3 is 44.4 Å². The molecule has 0 fully saturated rings. The summed E-state index contributed by atoms with van der Waals surface area (Å²) >= 11 is 0. The molecule has 0 saturated carbocycles. The number of phenols is 1. The Labute approximate surface area is 331 Å². The number of aromatic nitrogens is 1. The second kappa shape index (κ2) is 15.7. The normalized spacial score (nSPS) is 30.9. The molecule has 4 heterocycles. The fraction of sp³-hybridized carbons (Fsp3) is 0.455. The van der Waals surface area contributed by atoms with Crippen molar-refractivity contribution in [2.24, 2.45) is 23.7 Å². The molecule has 1 amide bonds. The van der Waals surface area contributed by atoms with Gasteiger partial charge in [-0.05, 0) is 56.5 Å². The highest BCUT2D eigenvalue weighted by atomic mass is 16.7. The lowest BCUT2D eigenvalue weighted by Gasteiger charge is -2.36. The van der Waals surface area contributed by atoms with Crippen molar-refractivity contribution < 1.29 is 48.6 Å². The summed E-state index contributed by atoms with van der Waals surface area (Å²) in [6.45, 7) is 15.3. The number of methoxy groups -OCH3 is 1. The summed E-state index contributed by atoms with van der Waals surface area (Å²) in [5.41, 5.74) is 1.84. The molecule has 2 aromatic carbocycles. The molecule has 0 aromatic heterocycles. The number of allylic oxidation sites excluding steroid dienone is 2. The van der Waals surface area contributed by atoms with Crippen LogP contribution in [0.4, 0.5) is 5.69 Å². The van der Waals surface area contributed by atoms with Gasteiger partial charge in [0.15, 0.2) is 11.3 Å². The summed E-state index contributed by atoms with van der Waals surface area (Å²) in [6, 6.07) is 3.65. The van der Waals surface area contributed by atoms with Gasteiger partial charge in [-0.25, -0.2) is 4.98 Å². The van der Waals surface area contributed by atoms with Gasteiger partial charge in [0.05, 0.1) is 41.6 Å². The summed E-state index contributed by atoms with van der Waals surface area (Å²) in [5.74, 6) is -6.31. The fourth-order valence-electron chi connectivity index (χ4n) is 7.99. The first-order valence-corrected chi connectivity index (χ1v) is 19.3. The molecular weight excluding hydrogens is 732 g/mol. The van der Waals surface area contributed by atoms with Gasteiger partial charge in [0.25, 0.3) is 11.7 Å². The van der Waals surface area contributed by atoms with E-state index in [1.165, 1.54) is 39.4 Å². The number of hydrogen-bond acceptors (Lipinski definition) is 12. The van der Waals surface area contributed by atoms with Crippen LogP contribution in [0.3, 0.4) is 0 Å². The van der Waals surface area contributed by atoms with Crippen LogP contribution in [0, 0.1) is 37.5 Å². The van der Waals surface area contributed by atoms with Crippen molar-refractivity contribution in [2.75, 3.05) is 12.4 Å². The minimum absolute atomic E-state index is 0.0186. The number of aryl methyl sites for hydroxylation is 2. The number of nitrogens with zero attached hydrogens (tertiary/aromatic N) is 1. The van der Waals surface area contributed by atoms with Crippen LogP contribution < -0.4 is 15.5 Å². The molecular formula is C44H52N2O11. The molecule has 304 valence electrons. The number of rotatable bonds is 2. The maximum atomic E-state index is 14.6. The van der Waals surface area contributed by atoms with Crippen LogP contribution in [-0.4, -0.2) is 74.4 Å². The summed E-state index contributed by atoms with van der Waals surface area (Å²) in [4.78, 5) is 47.8. The average Bonchev–Trinajstić information content (AvgIpc) is 3.45. The number of benzene rings is 3. The standard InChI is InChI=1S/C44H52N2O11/c1-11-26-18-27-29(17-21(26)4)56-41-33(45-27)30-31-38(50)25(8)40-32(30)42(52)44(9,57-40)55-16-15-28(54-10)22(5)36(48)24(7)37(49)23(6)35(47)19(2)13-12-14-20(3)43(53)46-34(41)39(31)51/h12-19,22-24,28,35-37,47-50H,11H2,1-10H3,(H,46,53)/b13-12+,16-15+,20-14-/t19-,22+,23+,24-,28-,35-,36+,37+,44-/m0/s1. The highest BCUT2D eigenvalue weighted by Gasteiger charge is 2.50. The number of Topliss-reactive ketones (excluding diaryl/α,β-unsaturated/α-hetero) is 1. The largest absolute Gasteiger partial charge is 0.507 e. The number of nitrogens with one attached hydrogen (secondary N) is 1. The van der Waals surface area contributed by atoms with E-state index < -0.39 is 76.7 Å². The number of hydrogen-bond donors (Lipinski definition) is 5. The van der Waals surface area contributed by atoms with Gasteiger partial charge in [0.1, 0.15) is 28.4 Å². The van der Waals surface area contributed by atoms with E-state index in [0.29, 0.717) is 17.5 Å². The molecule has 0 unspecified atom stereocenters. The van der Waals surface area contributed by atoms with Crippen LogP contribution in [0.2, 0.25) is 0 Å². The number of carbonyl (C=O) groups is 2. The Kier molecular flexibility index (Phi) is 11.4. The van der Waals surface area contributed by atoms with Crippen LogP contribution >= 0.6 is 0 Å². The topological polar surface area (TPSA) is 198 Å². The summed E-state index contributed by atoms with van der Waals surface area (Å²) < 4.78 is 24.3. The number of carbonyl (C=O) groups excluding carboxylic acids is 2. The first-order valence-electron chi connectivity index (χ1n) is 19.3. The molecule has 5 N–H and O–H groups in total. The predicted octanol–water partition coefficient (Wildman–Crippen LogP) is 6.25. The number of ketones is 1. The summed E-state index contributed by atoms with van der Waals surface area (Å²) in [7, 11) is 1.45. The van der Waals surface area contributed by atoms with Gasteiger partial charge in [-0.3, -0.25) is 14.4 Å². The number of aliphatic hydroxyl groups excluding tert-OH is 3. The SMILES string of the molecule is CCc1cc2nc3c4c5c6c(C)c(O)c4c(=O)c(c-3oc2cc1C)NC(=O)/C(C)=C\C=C\[C@H](C)[C@H](O)[C@@H](C)[C@@H](O)[C@@H](C)[C@H](O)[C@H](C)[C@@H](OC)/C=C/O[C@@](C)(O6)C5=O. The smallest absolute Gasteiger partial charge is 0.312 e. The number of anilines is 1. The van der Waals surface area contributed by atoms with Gasteiger partial charge in [0, 0.05) is 54.2 Å². The Morgan fingerprint density at radius 3 is 2.26 bits per heavy atom.